The first-order chi connectivity index (χ1) is 10.0. The van der Waals surface area contributed by atoms with Gasteiger partial charge in [-0.15, -0.1) is 0 Å². The number of methoxy groups -OCH3 is 1. The van der Waals surface area contributed by atoms with Crippen molar-refractivity contribution in [3.05, 3.63) is 35.4 Å². The van der Waals surface area contributed by atoms with Gasteiger partial charge in [-0.25, -0.2) is 4.79 Å². The third-order valence-corrected chi connectivity index (χ3v) is 3.69. The van der Waals surface area contributed by atoms with E-state index in [4.69, 9.17) is 4.74 Å². The van der Waals surface area contributed by atoms with Crippen LogP contribution in [0.2, 0.25) is 0 Å². The molecule has 1 unspecified atom stereocenters. The van der Waals surface area contributed by atoms with Crippen LogP contribution in [0, 0.1) is 0 Å². The highest BCUT2D eigenvalue weighted by Gasteiger charge is 2.35. The summed E-state index contributed by atoms with van der Waals surface area (Å²) in [4.78, 5) is 27.9. The Hall–Kier alpha value is -1.88. The van der Waals surface area contributed by atoms with Crippen molar-refractivity contribution >= 4 is 11.9 Å². The quantitative estimate of drug-likeness (QED) is 0.789. The summed E-state index contributed by atoms with van der Waals surface area (Å²) in [5, 5.41) is 0. The summed E-state index contributed by atoms with van der Waals surface area (Å²) in [7, 11) is 5.37. The van der Waals surface area contributed by atoms with Crippen molar-refractivity contribution in [3.8, 4) is 0 Å². The second-order valence-corrected chi connectivity index (χ2v) is 5.61. The summed E-state index contributed by atoms with van der Waals surface area (Å²) in [5.41, 5.74) is 1.77. The minimum atomic E-state index is -0.441. The molecular weight excluding hydrogens is 268 g/mol. The normalized spacial score (nSPS) is 18.1. The van der Waals surface area contributed by atoms with Gasteiger partial charge in [0, 0.05) is 18.7 Å². The molecule has 0 saturated carbocycles. The molecule has 1 aliphatic rings. The Morgan fingerprint density at radius 2 is 1.95 bits per heavy atom. The van der Waals surface area contributed by atoms with E-state index in [0.29, 0.717) is 18.5 Å². The fourth-order valence-electron chi connectivity index (χ4n) is 2.67. The zero-order valence-electron chi connectivity index (χ0n) is 12.8. The van der Waals surface area contributed by atoms with Crippen LogP contribution in [0.15, 0.2) is 24.3 Å². The Kier molecular flexibility index (Phi) is 4.96. The predicted octanol–water partition coefficient (Wildman–Crippen LogP) is 1.53. The first kappa shape index (κ1) is 15.5. The molecular formula is C16H22N2O3. The highest BCUT2D eigenvalue weighted by molar-refractivity contribution is 5.97. The lowest BCUT2D eigenvalue weighted by Crippen LogP contribution is -2.41. The number of likely N-dealkylation sites (tertiary alicyclic amines) is 1. The Bertz CT molecular complexity index is 511. The van der Waals surface area contributed by atoms with E-state index in [2.05, 4.69) is 4.90 Å². The van der Waals surface area contributed by atoms with Crippen LogP contribution in [-0.4, -0.2) is 55.5 Å². The van der Waals surface area contributed by atoms with E-state index in [1.165, 1.54) is 7.11 Å². The molecule has 114 valence electrons. The molecule has 21 heavy (non-hydrogen) atoms. The van der Waals surface area contributed by atoms with Crippen molar-refractivity contribution in [1.82, 2.24) is 9.80 Å². The number of carbonyl (C=O) groups excluding carboxylic acids is 2. The van der Waals surface area contributed by atoms with Crippen molar-refractivity contribution in [3.63, 3.8) is 0 Å². The largest absolute Gasteiger partial charge is 0.467 e. The highest BCUT2D eigenvalue weighted by atomic mass is 16.5. The van der Waals surface area contributed by atoms with Crippen molar-refractivity contribution in [2.45, 2.75) is 25.4 Å². The fourth-order valence-corrected chi connectivity index (χ4v) is 2.67. The van der Waals surface area contributed by atoms with E-state index in [1.54, 1.807) is 4.90 Å². The number of carbonyl (C=O) groups is 2. The maximum Gasteiger partial charge on any atom is 0.328 e. The number of ether oxygens (including phenoxy) is 1. The molecule has 1 heterocycles. The van der Waals surface area contributed by atoms with E-state index in [1.807, 2.05) is 38.4 Å². The second-order valence-electron chi connectivity index (χ2n) is 5.61. The summed E-state index contributed by atoms with van der Waals surface area (Å²) in [5.74, 6) is -0.426. The molecule has 1 fully saturated rings. The van der Waals surface area contributed by atoms with Crippen molar-refractivity contribution in [1.29, 1.82) is 0 Å². The van der Waals surface area contributed by atoms with Gasteiger partial charge in [-0.05, 0) is 44.6 Å². The lowest BCUT2D eigenvalue weighted by atomic mass is 10.1. The number of esters is 1. The van der Waals surface area contributed by atoms with Crippen LogP contribution in [0.5, 0.6) is 0 Å². The van der Waals surface area contributed by atoms with Crippen LogP contribution in [0.25, 0.3) is 0 Å². The van der Waals surface area contributed by atoms with Gasteiger partial charge in [0.25, 0.3) is 5.91 Å². The van der Waals surface area contributed by atoms with Crippen molar-refractivity contribution in [2.24, 2.45) is 0 Å². The van der Waals surface area contributed by atoms with Gasteiger partial charge < -0.3 is 14.5 Å². The van der Waals surface area contributed by atoms with E-state index in [-0.39, 0.29) is 11.9 Å². The molecule has 0 N–H and O–H groups in total. The van der Waals surface area contributed by atoms with Gasteiger partial charge in [-0.1, -0.05) is 12.1 Å². The Morgan fingerprint density at radius 3 is 2.52 bits per heavy atom. The highest BCUT2D eigenvalue weighted by Crippen LogP contribution is 2.21. The molecule has 0 aliphatic carbocycles. The molecule has 1 atom stereocenters. The molecule has 5 heteroatoms. The monoisotopic (exact) mass is 290 g/mol. The van der Waals surface area contributed by atoms with Gasteiger partial charge in [0.1, 0.15) is 6.04 Å². The van der Waals surface area contributed by atoms with Gasteiger partial charge in [-0.2, -0.15) is 0 Å². The number of benzene rings is 1. The third-order valence-electron chi connectivity index (χ3n) is 3.69. The first-order valence-electron chi connectivity index (χ1n) is 7.15. The Morgan fingerprint density at radius 1 is 1.29 bits per heavy atom. The second kappa shape index (κ2) is 6.72. The lowest BCUT2D eigenvalue weighted by Gasteiger charge is -2.22. The maximum absolute atomic E-state index is 12.5. The van der Waals surface area contributed by atoms with Gasteiger partial charge >= 0.3 is 5.97 Å². The molecule has 1 aromatic carbocycles. The van der Waals surface area contributed by atoms with Crippen LogP contribution < -0.4 is 0 Å². The van der Waals surface area contributed by atoms with Crippen LogP contribution in [0.4, 0.5) is 0 Å². The van der Waals surface area contributed by atoms with Crippen LogP contribution in [0.3, 0.4) is 0 Å². The zero-order chi connectivity index (χ0) is 15.4. The Labute approximate surface area is 125 Å². The summed E-state index contributed by atoms with van der Waals surface area (Å²) >= 11 is 0. The maximum atomic E-state index is 12.5. The molecule has 0 radical (unpaired) electrons. The average Bonchev–Trinajstić information content (AvgIpc) is 2.95. The van der Waals surface area contributed by atoms with Gasteiger partial charge in [-0.3, -0.25) is 4.79 Å². The van der Waals surface area contributed by atoms with Crippen molar-refractivity contribution in [2.75, 3.05) is 27.7 Å². The topological polar surface area (TPSA) is 49.9 Å². The molecule has 1 amide bonds. The average molecular weight is 290 g/mol. The molecule has 5 nitrogen and oxygen atoms in total. The molecule has 0 aromatic heterocycles. The minimum Gasteiger partial charge on any atom is -0.467 e. The number of rotatable bonds is 4. The lowest BCUT2D eigenvalue weighted by molar-refractivity contribution is -0.145. The first-order valence-corrected chi connectivity index (χ1v) is 7.15. The zero-order valence-corrected chi connectivity index (χ0v) is 12.8. The molecule has 1 aromatic rings. The van der Waals surface area contributed by atoms with E-state index < -0.39 is 6.04 Å². The Balaban J connectivity index is 2.10. The predicted molar refractivity (Wildman–Crippen MR) is 79.9 cm³/mol. The summed E-state index contributed by atoms with van der Waals surface area (Å²) in [6.07, 6.45) is 1.52. The van der Waals surface area contributed by atoms with Crippen LogP contribution in [-0.2, 0) is 16.1 Å². The molecule has 1 aliphatic heterocycles. The van der Waals surface area contributed by atoms with E-state index >= 15 is 0 Å². The van der Waals surface area contributed by atoms with Gasteiger partial charge in [0.15, 0.2) is 0 Å². The molecule has 0 spiro atoms. The summed E-state index contributed by atoms with van der Waals surface area (Å²) in [6.45, 7) is 1.45. The van der Waals surface area contributed by atoms with E-state index in [0.717, 1.165) is 18.5 Å². The summed E-state index contributed by atoms with van der Waals surface area (Å²) in [6, 6.07) is 7.12. The number of amides is 1. The fraction of sp³-hybridized carbons (Fsp3) is 0.500. The SMILES string of the molecule is COC(=O)C1CCCN1C(=O)c1ccc(CN(C)C)cc1. The van der Waals surface area contributed by atoms with Gasteiger partial charge in [0.05, 0.1) is 7.11 Å². The number of hydrogen-bond acceptors (Lipinski definition) is 4. The van der Waals surface area contributed by atoms with Crippen molar-refractivity contribution < 1.29 is 14.3 Å². The standard InChI is InChI=1S/C16H22N2O3/c1-17(2)11-12-6-8-13(9-7-12)15(19)18-10-4-5-14(18)16(20)21-3/h6-9,14H,4-5,10-11H2,1-3H3. The van der Waals surface area contributed by atoms with Crippen LogP contribution >= 0.6 is 0 Å². The third kappa shape index (κ3) is 3.61. The van der Waals surface area contributed by atoms with Gasteiger partial charge in [0.2, 0.25) is 0 Å². The molecule has 1 saturated heterocycles. The number of nitrogens with zero attached hydrogens (tertiary/aromatic N) is 2. The molecule has 0 bridgehead atoms. The smallest absolute Gasteiger partial charge is 0.328 e. The van der Waals surface area contributed by atoms with Crippen LogP contribution in [0.1, 0.15) is 28.8 Å². The number of hydrogen-bond donors (Lipinski definition) is 0. The molecule has 2 rings (SSSR count). The summed E-state index contributed by atoms with van der Waals surface area (Å²) < 4.78 is 4.77. The van der Waals surface area contributed by atoms with E-state index in [9.17, 15) is 9.59 Å². The minimum absolute atomic E-state index is 0.0979.